The van der Waals surface area contributed by atoms with E-state index in [9.17, 15) is 4.79 Å². The Bertz CT molecular complexity index is 1010. The largest absolute Gasteiger partial charge is 0.366 e. The minimum Gasteiger partial charge on any atom is -0.366 e. The number of carbonyl (C=O) groups excluding carboxylic acids is 1. The summed E-state index contributed by atoms with van der Waals surface area (Å²) in [5.41, 5.74) is 8.58. The van der Waals surface area contributed by atoms with Crippen LogP contribution in [0.4, 0.5) is 0 Å². The van der Waals surface area contributed by atoms with Crippen LogP contribution in [0.15, 0.2) is 60.9 Å². The van der Waals surface area contributed by atoms with Crippen LogP contribution in [-0.2, 0) is 0 Å². The van der Waals surface area contributed by atoms with Gasteiger partial charge >= 0.3 is 0 Å². The van der Waals surface area contributed by atoms with Gasteiger partial charge in [-0.3, -0.25) is 9.78 Å². The number of benzene rings is 2. The summed E-state index contributed by atoms with van der Waals surface area (Å²) >= 11 is 0. The average molecular weight is 288 g/mol. The molecule has 2 heterocycles. The third kappa shape index (κ3) is 1.83. The molecule has 5 nitrogen and oxygen atoms in total. The summed E-state index contributed by atoms with van der Waals surface area (Å²) < 4.78 is 1.85. The van der Waals surface area contributed by atoms with E-state index in [0.29, 0.717) is 5.56 Å². The van der Waals surface area contributed by atoms with Gasteiger partial charge in [0.15, 0.2) is 0 Å². The average Bonchev–Trinajstić information content (AvgIpc) is 2.97. The van der Waals surface area contributed by atoms with Gasteiger partial charge < -0.3 is 5.73 Å². The molecule has 4 rings (SSSR count). The zero-order valence-electron chi connectivity index (χ0n) is 11.6. The molecule has 2 N–H and O–H groups in total. The van der Waals surface area contributed by atoms with Gasteiger partial charge in [-0.2, -0.15) is 5.10 Å². The first kappa shape index (κ1) is 12.5. The number of para-hydroxylation sites is 1. The topological polar surface area (TPSA) is 73.8 Å². The summed E-state index contributed by atoms with van der Waals surface area (Å²) in [5.74, 6) is -0.441. The molecule has 0 aliphatic carbocycles. The Balaban J connectivity index is 1.99. The quantitative estimate of drug-likeness (QED) is 0.616. The van der Waals surface area contributed by atoms with Crippen molar-refractivity contribution in [3.63, 3.8) is 0 Å². The summed E-state index contributed by atoms with van der Waals surface area (Å²) in [6, 6.07) is 15.2. The Morgan fingerprint density at radius 3 is 2.82 bits per heavy atom. The lowest BCUT2D eigenvalue weighted by Crippen LogP contribution is -2.10. The monoisotopic (exact) mass is 288 g/mol. The van der Waals surface area contributed by atoms with Gasteiger partial charge in [-0.05, 0) is 30.3 Å². The molecule has 2 aromatic carbocycles. The molecule has 0 saturated carbocycles. The van der Waals surface area contributed by atoms with E-state index in [1.807, 2.05) is 41.1 Å². The molecule has 106 valence electrons. The van der Waals surface area contributed by atoms with E-state index < -0.39 is 5.91 Å². The number of carbonyl (C=O) groups is 1. The molecular weight excluding hydrogens is 276 g/mol. The van der Waals surface area contributed by atoms with Crippen LogP contribution in [0.3, 0.4) is 0 Å². The van der Waals surface area contributed by atoms with E-state index in [1.165, 1.54) is 0 Å². The SMILES string of the molecule is NC(=O)c1ccc2c(cnn2-c2ccnc3ccccc23)c1. The number of pyridine rings is 1. The Labute approximate surface area is 126 Å². The lowest BCUT2D eigenvalue weighted by molar-refractivity contribution is 0.100. The van der Waals surface area contributed by atoms with Crippen LogP contribution >= 0.6 is 0 Å². The van der Waals surface area contributed by atoms with Crippen molar-refractivity contribution in [3.05, 3.63) is 66.5 Å². The van der Waals surface area contributed by atoms with Gasteiger partial charge in [0.1, 0.15) is 0 Å². The van der Waals surface area contributed by atoms with E-state index in [-0.39, 0.29) is 0 Å². The van der Waals surface area contributed by atoms with Crippen molar-refractivity contribution >= 4 is 27.7 Å². The molecule has 0 fully saturated rings. The molecule has 22 heavy (non-hydrogen) atoms. The minimum absolute atomic E-state index is 0.441. The number of nitrogens with two attached hydrogens (primary N) is 1. The van der Waals surface area contributed by atoms with Crippen molar-refractivity contribution in [3.8, 4) is 5.69 Å². The van der Waals surface area contributed by atoms with Gasteiger partial charge in [0.25, 0.3) is 0 Å². The molecule has 2 aromatic heterocycles. The highest BCUT2D eigenvalue weighted by Crippen LogP contribution is 2.24. The molecule has 0 radical (unpaired) electrons. The summed E-state index contributed by atoms with van der Waals surface area (Å²) in [5, 5.41) is 6.35. The van der Waals surface area contributed by atoms with Crippen molar-refractivity contribution in [1.82, 2.24) is 14.8 Å². The fraction of sp³-hybridized carbons (Fsp3) is 0. The number of hydrogen-bond donors (Lipinski definition) is 1. The van der Waals surface area contributed by atoms with Gasteiger partial charge in [0, 0.05) is 22.5 Å². The number of hydrogen-bond acceptors (Lipinski definition) is 3. The molecule has 0 bridgehead atoms. The molecule has 0 atom stereocenters. The zero-order valence-corrected chi connectivity index (χ0v) is 11.6. The lowest BCUT2D eigenvalue weighted by atomic mass is 10.1. The van der Waals surface area contributed by atoms with Gasteiger partial charge in [-0.15, -0.1) is 0 Å². The second kappa shape index (κ2) is 4.66. The predicted molar refractivity (Wildman–Crippen MR) is 84.9 cm³/mol. The number of rotatable bonds is 2. The predicted octanol–water partition coefficient (Wildman–Crippen LogP) is 2.67. The first-order valence-corrected chi connectivity index (χ1v) is 6.86. The molecular formula is C17H12N4O. The molecule has 0 aliphatic heterocycles. The zero-order chi connectivity index (χ0) is 15.1. The maximum absolute atomic E-state index is 11.3. The fourth-order valence-corrected chi connectivity index (χ4v) is 2.64. The van der Waals surface area contributed by atoms with Crippen molar-refractivity contribution in [2.45, 2.75) is 0 Å². The van der Waals surface area contributed by atoms with Crippen LogP contribution in [0.25, 0.3) is 27.5 Å². The lowest BCUT2D eigenvalue weighted by Gasteiger charge is -2.07. The molecule has 5 heteroatoms. The van der Waals surface area contributed by atoms with E-state index in [0.717, 1.165) is 27.5 Å². The summed E-state index contributed by atoms with van der Waals surface area (Å²) in [4.78, 5) is 15.6. The van der Waals surface area contributed by atoms with Crippen molar-refractivity contribution in [2.24, 2.45) is 5.73 Å². The summed E-state index contributed by atoms with van der Waals surface area (Å²) in [6.07, 6.45) is 3.50. The minimum atomic E-state index is -0.441. The van der Waals surface area contributed by atoms with E-state index in [1.54, 1.807) is 24.5 Å². The molecule has 0 saturated heterocycles. The normalized spacial score (nSPS) is 11.1. The number of nitrogens with zero attached hydrogens (tertiary/aromatic N) is 3. The Hall–Kier alpha value is -3.21. The van der Waals surface area contributed by atoms with Crippen LogP contribution in [-0.4, -0.2) is 20.7 Å². The third-order valence-corrected chi connectivity index (χ3v) is 3.71. The molecule has 0 spiro atoms. The van der Waals surface area contributed by atoms with Gasteiger partial charge in [0.05, 0.1) is 22.9 Å². The highest BCUT2D eigenvalue weighted by atomic mass is 16.1. The maximum atomic E-state index is 11.3. The first-order chi connectivity index (χ1) is 10.7. The number of aromatic nitrogens is 3. The number of amides is 1. The highest BCUT2D eigenvalue weighted by Gasteiger charge is 2.10. The van der Waals surface area contributed by atoms with Crippen LogP contribution < -0.4 is 5.73 Å². The number of fused-ring (bicyclic) bond motifs is 2. The van der Waals surface area contributed by atoms with Crippen LogP contribution in [0.1, 0.15) is 10.4 Å². The van der Waals surface area contributed by atoms with E-state index in [4.69, 9.17) is 5.73 Å². The second-order valence-corrected chi connectivity index (χ2v) is 5.04. The molecule has 0 unspecified atom stereocenters. The van der Waals surface area contributed by atoms with Gasteiger partial charge in [-0.1, -0.05) is 18.2 Å². The van der Waals surface area contributed by atoms with Crippen molar-refractivity contribution in [1.29, 1.82) is 0 Å². The first-order valence-electron chi connectivity index (χ1n) is 6.86. The van der Waals surface area contributed by atoms with Crippen LogP contribution in [0.5, 0.6) is 0 Å². The van der Waals surface area contributed by atoms with E-state index >= 15 is 0 Å². The Kier molecular flexibility index (Phi) is 2.66. The van der Waals surface area contributed by atoms with Crippen molar-refractivity contribution < 1.29 is 4.79 Å². The Morgan fingerprint density at radius 2 is 1.95 bits per heavy atom. The highest BCUT2D eigenvalue weighted by molar-refractivity contribution is 5.97. The van der Waals surface area contributed by atoms with Gasteiger partial charge in [-0.25, -0.2) is 4.68 Å². The summed E-state index contributed by atoms with van der Waals surface area (Å²) in [6.45, 7) is 0. The second-order valence-electron chi connectivity index (χ2n) is 5.04. The summed E-state index contributed by atoms with van der Waals surface area (Å²) in [7, 11) is 0. The van der Waals surface area contributed by atoms with E-state index in [2.05, 4.69) is 10.1 Å². The third-order valence-electron chi connectivity index (χ3n) is 3.71. The van der Waals surface area contributed by atoms with Crippen LogP contribution in [0, 0.1) is 0 Å². The van der Waals surface area contributed by atoms with Gasteiger partial charge in [0.2, 0.25) is 5.91 Å². The van der Waals surface area contributed by atoms with Crippen molar-refractivity contribution in [2.75, 3.05) is 0 Å². The molecule has 0 aliphatic rings. The molecule has 4 aromatic rings. The number of primary amides is 1. The standard InChI is InChI=1S/C17H12N4O/c18-17(22)11-5-6-15-12(9-11)10-20-21(15)16-7-8-19-14-4-2-1-3-13(14)16/h1-10H,(H2,18,22). The fourth-order valence-electron chi connectivity index (χ4n) is 2.64. The maximum Gasteiger partial charge on any atom is 0.248 e. The smallest absolute Gasteiger partial charge is 0.248 e. The van der Waals surface area contributed by atoms with Crippen LogP contribution in [0.2, 0.25) is 0 Å². The Morgan fingerprint density at radius 1 is 1.09 bits per heavy atom. The molecule has 1 amide bonds.